The van der Waals surface area contributed by atoms with Crippen LogP contribution in [0.25, 0.3) is 22.4 Å². The van der Waals surface area contributed by atoms with Gasteiger partial charge in [0.1, 0.15) is 5.76 Å². The fraction of sp³-hybridized carbons (Fsp3) is 0.391. The van der Waals surface area contributed by atoms with E-state index in [1.165, 1.54) is 18.4 Å². The minimum Gasteiger partial charge on any atom is -0.437 e. The number of hydrogen-bond donors (Lipinski definition) is 0. The van der Waals surface area contributed by atoms with Gasteiger partial charge in [0.15, 0.2) is 5.43 Å². The molecule has 4 nitrogen and oxygen atoms in total. The molecule has 0 spiro atoms. The molecule has 0 radical (unpaired) electrons. The second kappa shape index (κ2) is 7.65. The molecule has 0 bridgehead atoms. The Labute approximate surface area is 159 Å². The quantitative estimate of drug-likeness (QED) is 0.663. The zero-order valence-electron chi connectivity index (χ0n) is 16.1. The van der Waals surface area contributed by atoms with Gasteiger partial charge >= 0.3 is 0 Å². The molecule has 1 fully saturated rings. The van der Waals surface area contributed by atoms with Crippen LogP contribution in [0.1, 0.15) is 37.8 Å². The average molecular weight is 362 g/mol. The molecule has 140 valence electrons. The van der Waals surface area contributed by atoms with Gasteiger partial charge in [-0.1, -0.05) is 38.1 Å². The number of benzene rings is 1. The maximum atomic E-state index is 12.7. The van der Waals surface area contributed by atoms with Crippen LogP contribution in [0.2, 0.25) is 0 Å². The van der Waals surface area contributed by atoms with Gasteiger partial charge in [0.05, 0.1) is 5.39 Å². The van der Waals surface area contributed by atoms with Crippen LogP contribution in [0.3, 0.4) is 0 Å². The summed E-state index contributed by atoms with van der Waals surface area (Å²) in [5.41, 5.74) is 3.65. The number of rotatable bonds is 5. The first kappa shape index (κ1) is 17.9. The Morgan fingerprint density at radius 3 is 2.52 bits per heavy atom. The highest BCUT2D eigenvalue weighted by Crippen LogP contribution is 2.23. The number of hydrogen-bond acceptors (Lipinski definition) is 4. The second-order valence-electron chi connectivity index (χ2n) is 7.95. The average Bonchev–Trinajstić information content (AvgIpc) is 3.15. The Balaban J connectivity index is 1.62. The van der Waals surface area contributed by atoms with Crippen molar-refractivity contribution in [2.45, 2.75) is 39.7 Å². The van der Waals surface area contributed by atoms with Crippen LogP contribution in [-0.4, -0.2) is 23.0 Å². The Bertz CT molecular complexity index is 983. The van der Waals surface area contributed by atoms with Crippen molar-refractivity contribution >= 4 is 11.1 Å². The third-order valence-electron chi connectivity index (χ3n) is 5.13. The van der Waals surface area contributed by atoms with Crippen molar-refractivity contribution in [2.24, 2.45) is 5.92 Å². The van der Waals surface area contributed by atoms with E-state index in [9.17, 15) is 4.79 Å². The molecule has 3 heterocycles. The molecule has 0 atom stereocenters. The number of fused-ring (bicyclic) bond motifs is 1. The maximum Gasteiger partial charge on any atom is 0.230 e. The van der Waals surface area contributed by atoms with Crippen LogP contribution in [0, 0.1) is 5.92 Å². The summed E-state index contributed by atoms with van der Waals surface area (Å²) in [6.45, 7) is 7.51. The summed E-state index contributed by atoms with van der Waals surface area (Å²) in [6.07, 6.45) is 5.38. The van der Waals surface area contributed by atoms with Crippen molar-refractivity contribution in [3.05, 3.63) is 63.9 Å². The standard InChI is InChI=1S/C23H26N2O2/c1-16(2)11-17-5-7-19(8-6-17)22-13-21(26)20-12-18(14-24-23(20)27-22)15-25-9-3-4-10-25/h5-8,12-14,16H,3-4,9-11,15H2,1-2H3. The number of pyridine rings is 1. The molecular formula is C23H26N2O2. The Morgan fingerprint density at radius 2 is 1.81 bits per heavy atom. The molecular weight excluding hydrogens is 336 g/mol. The van der Waals surface area contributed by atoms with Gasteiger partial charge in [-0.25, -0.2) is 4.98 Å². The molecule has 4 rings (SSSR count). The fourth-order valence-electron chi connectivity index (χ4n) is 3.79. The molecule has 4 heteroatoms. The largest absolute Gasteiger partial charge is 0.437 e. The van der Waals surface area contributed by atoms with Gasteiger partial charge in [0.2, 0.25) is 5.71 Å². The summed E-state index contributed by atoms with van der Waals surface area (Å²) in [4.78, 5) is 19.5. The summed E-state index contributed by atoms with van der Waals surface area (Å²) in [6, 6.07) is 11.8. The van der Waals surface area contributed by atoms with Crippen LogP contribution in [-0.2, 0) is 13.0 Å². The minimum absolute atomic E-state index is 0.0340. The Hall–Kier alpha value is -2.46. The molecule has 1 aliphatic rings. The summed E-state index contributed by atoms with van der Waals surface area (Å²) < 4.78 is 5.95. The van der Waals surface area contributed by atoms with Crippen molar-refractivity contribution in [2.75, 3.05) is 13.1 Å². The normalized spacial score (nSPS) is 15.1. The van der Waals surface area contributed by atoms with Crippen molar-refractivity contribution in [1.82, 2.24) is 9.88 Å². The zero-order chi connectivity index (χ0) is 18.8. The first-order chi connectivity index (χ1) is 13.1. The van der Waals surface area contributed by atoms with Gasteiger partial charge < -0.3 is 4.42 Å². The lowest BCUT2D eigenvalue weighted by Crippen LogP contribution is -2.18. The van der Waals surface area contributed by atoms with Gasteiger partial charge in [-0.15, -0.1) is 0 Å². The molecule has 1 aromatic carbocycles. The number of likely N-dealkylation sites (tertiary alicyclic amines) is 1. The van der Waals surface area contributed by atoms with E-state index in [1.807, 2.05) is 24.4 Å². The summed E-state index contributed by atoms with van der Waals surface area (Å²) >= 11 is 0. The smallest absolute Gasteiger partial charge is 0.230 e. The highest BCUT2D eigenvalue weighted by Gasteiger charge is 2.14. The van der Waals surface area contributed by atoms with Gasteiger partial charge in [0.25, 0.3) is 0 Å². The fourth-order valence-corrected chi connectivity index (χ4v) is 3.79. The predicted octanol–water partition coefficient (Wildman–Crippen LogP) is 4.65. The van der Waals surface area contributed by atoms with Crippen molar-refractivity contribution in [3.63, 3.8) is 0 Å². The monoisotopic (exact) mass is 362 g/mol. The van der Waals surface area contributed by atoms with Crippen LogP contribution >= 0.6 is 0 Å². The van der Waals surface area contributed by atoms with Crippen LogP contribution in [0.15, 0.2) is 51.8 Å². The number of aromatic nitrogens is 1. The highest BCUT2D eigenvalue weighted by molar-refractivity contribution is 5.75. The lowest BCUT2D eigenvalue weighted by atomic mass is 10.0. The molecule has 0 aliphatic carbocycles. The van der Waals surface area contributed by atoms with E-state index in [0.717, 1.165) is 37.2 Å². The first-order valence-electron chi connectivity index (χ1n) is 9.83. The summed E-state index contributed by atoms with van der Waals surface area (Å²) in [5.74, 6) is 1.19. The summed E-state index contributed by atoms with van der Waals surface area (Å²) in [7, 11) is 0. The van der Waals surface area contributed by atoms with Crippen molar-refractivity contribution < 1.29 is 4.42 Å². The zero-order valence-corrected chi connectivity index (χ0v) is 16.1. The van der Waals surface area contributed by atoms with Crippen LogP contribution in [0.4, 0.5) is 0 Å². The van der Waals surface area contributed by atoms with Gasteiger partial charge in [-0.3, -0.25) is 9.69 Å². The lowest BCUT2D eigenvalue weighted by molar-refractivity contribution is 0.331. The van der Waals surface area contributed by atoms with E-state index in [2.05, 4.69) is 35.9 Å². The van der Waals surface area contributed by atoms with Crippen LogP contribution < -0.4 is 5.43 Å². The Morgan fingerprint density at radius 1 is 1.07 bits per heavy atom. The molecule has 27 heavy (non-hydrogen) atoms. The van der Waals surface area contributed by atoms with Gasteiger partial charge in [-0.2, -0.15) is 0 Å². The lowest BCUT2D eigenvalue weighted by Gasteiger charge is -2.14. The number of nitrogens with zero attached hydrogens (tertiary/aromatic N) is 2. The topological polar surface area (TPSA) is 46.3 Å². The van der Waals surface area contributed by atoms with Crippen molar-refractivity contribution in [3.8, 4) is 11.3 Å². The van der Waals surface area contributed by atoms with Gasteiger partial charge in [-0.05, 0) is 55.5 Å². The van der Waals surface area contributed by atoms with E-state index in [4.69, 9.17) is 4.42 Å². The van der Waals surface area contributed by atoms with E-state index in [1.54, 1.807) is 6.07 Å². The molecule has 0 amide bonds. The third-order valence-corrected chi connectivity index (χ3v) is 5.13. The molecule has 1 aliphatic heterocycles. The SMILES string of the molecule is CC(C)Cc1ccc(-c2cc(=O)c3cc(CN4CCCC4)cnc3o2)cc1. The van der Waals surface area contributed by atoms with Gasteiger partial charge in [0, 0.05) is 24.4 Å². The minimum atomic E-state index is -0.0340. The Kier molecular flexibility index (Phi) is 5.08. The predicted molar refractivity (Wildman–Crippen MR) is 109 cm³/mol. The molecule has 2 aromatic heterocycles. The first-order valence-corrected chi connectivity index (χ1v) is 9.83. The van der Waals surface area contributed by atoms with E-state index in [0.29, 0.717) is 22.8 Å². The highest BCUT2D eigenvalue weighted by atomic mass is 16.3. The molecule has 0 saturated carbocycles. The maximum absolute atomic E-state index is 12.7. The summed E-state index contributed by atoms with van der Waals surface area (Å²) in [5, 5.41) is 0.562. The molecule has 1 saturated heterocycles. The molecule has 0 N–H and O–H groups in total. The van der Waals surface area contributed by atoms with E-state index in [-0.39, 0.29) is 5.43 Å². The van der Waals surface area contributed by atoms with Crippen LogP contribution in [0.5, 0.6) is 0 Å². The van der Waals surface area contributed by atoms with E-state index < -0.39 is 0 Å². The molecule has 0 unspecified atom stereocenters. The third kappa shape index (κ3) is 4.11. The van der Waals surface area contributed by atoms with Crippen molar-refractivity contribution in [1.29, 1.82) is 0 Å². The molecule has 3 aromatic rings. The van der Waals surface area contributed by atoms with E-state index >= 15 is 0 Å². The second-order valence-corrected chi connectivity index (χ2v) is 7.95.